The van der Waals surface area contributed by atoms with E-state index in [2.05, 4.69) is 6.07 Å². The van der Waals surface area contributed by atoms with E-state index in [4.69, 9.17) is 5.26 Å². The number of hydrogen-bond donors (Lipinski definition) is 0. The molecule has 0 N–H and O–H groups in total. The highest BCUT2D eigenvalue weighted by atomic mass is 16.6. The molecule has 0 atom stereocenters. The molecular weight excluding hydrogens is 144 g/mol. The molecule has 0 saturated heterocycles. The minimum atomic E-state index is -0.547. The Morgan fingerprint density at radius 1 is 1.73 bits per heavy atom. The number of nitro benzene ring substituents is 1. The number of nitriles is 1. The Morgan fingerprint density at radius 3 is 3.00 bits per heavy atom. The second-order valence-electron chi connectivity index (χ2n) is 1.83. The van der Waals surface area contributed by atoms with E-state index in [0.29, 0.717) is 0 Å². The summed E-state index contributed by atoms with van der Waals surface area (Å²) in [7, 11) is 0. The van der Waals surface area contributed by atoms with Crippen LogP contribution in [0.3, 0.4) is 0 Å². The fraction of sp³-hybridized carbons (Fsp3) is 0. The molecule has 0 aliphatic rings. The van der Waals surface area contributed by atoms with Gasteiger partial charge in [-0.1, -0.05) is 0 Å². The smallest absolute Gasteiger partial charge is 0.258 e. The molecule has 53 valence electrons. The van der Waals surface area contributed by atoms with Crippen LogP contribution in [0, 0.1) is 27.5 Å². The Hall–Kier alpha value is -1.89. The van der Waals surface area contributed by atoms with Gasteiger partial charge < -0.3 is 0 Å². The third-order valence-electron chi connectivity index (χ3n) is 1.12. The lowest BCUT2D eigenvalue weighted by Crippen LogP contribution is -1.87. The van der Waals surface area contributed by atoms with Gasteiger partial charge in [0.2, 0.25) is 0 Å². The molecule has 0 amide bonds. The van der Waals surface area contributed by atoms with Gasteiger partial charge in [-0.25, -0.2) is 0 Å². The summed E-state index contributed by atoms with van der Waals surface area (Å²) in [6.07, 6.45) is 0. The summed E-state index contributed by atoms with van der Waals surface area (Å²) < 4.78 is 0. The molecule has 1 aromatic rings. The van der Waals surface area contributed by atoms with Crippen LogP contribution in [0.5, 0.6) is 0 Å². The molecule has 0 unspecified atom stereocenters. The van der Waals surface area contributed by atoms with Gasteiger partial charge in [-0.3, -0.25) is 10.1 Å². The topological polar surface area (TPSA) is 66.9 Å². The second kappa shape index (κ2) is 2.80. The molecule has 0 aliphatic heterocycles. The molecule has 0 heterocycles. The Bertz CT molecular complexity index is 327. The van der Waals surface area contributed by atoms with E-state index in [1.165, 1.54) is 18.2 Å². The zero-order valence-electron chi connectivity index (χ0n) is 5.44. The Labute approximate surface area is 62.8 Å². The van der Waals surface area contributed by atoms with Crippen molar-refractivity contribution in [3.8, 4) is 6.07 Å². The minimum absolute atomic E-state index is 0.0831. The van der Waals surface area contributed by atoms with Crippen LogP contribution < -0.4 is 0 Å². The average molecular weight is 147 g/mol. The third kappa shape index (κ3) is 1.52. The number of benzene rings is 1. The fourth-order valence-corrected chi connectivity index (χ4v) is 0.633. The lowest BCUT2D eigenvalue weighted by Gasteiger charge is -1.88. The normalized spacial score (nSPS) is 8.64. The molecular formula is C7H3N2O2. The first kappa shape index (κ1) is 7.22. The summed E-state index contributed by atoms with van der Waals surface area (Å²) in [5.74, 6) is 0. The quantitative estimate of drug-likeness (QED) is 0.443. The van der Waals surface area contributed by atoms with Crippen molar-refractivity contribution in [3.63, 3.8) is 0 Å². The van der Waals surface area contributed by atoms with Crippen molar-refractivity contribution in [1.82, 2.24) is 0 Å². The molecule has 4 nitrogen and oxygen atoms in total. The number of non-ortho nitro benzene ring substituents is 1. The zero-order chi connectivity index (χ0) is 8.27. The van der Waals surface area contributed by atoms with Crippen LogP contribution in [-0.4, -0.2) is 4.92 Å². The van der Waals surface area contributed by atoms with Crippen LogP contribution in [0.1, 0.15) is 5.56 Å². The van der Waals surface area contributed by atoms with Crippen molar-refractivity contribution in [2.75, 3.05) is 0 Å². The fourth-order valence-electron chi connectivity index (χ4n) is 0.633. The summed E-state index contributed by atoms with van der Waals surface area (Å²) in [4.78, 5) is 9.60. The van der Waals surface area contributed by atoms with Crippen molar-refractivity contribution >= 4 is 5.69 Å². The van der Waals surface area contributed by atoms with Crippen molar-refractivity contribution in [2.45, 2.75) is 0 Å². The standard InChI is InChI=1S/C7H3N2O2/c8-5-6-2-1-3-7(4-6)9(10)11/h1,3-4H. The van der Waals surface area contributed by atoms with Gasteiger partial charge in [-0.05, 0) is 6.07 Å². The van der Waals surface area contributed by atoms with Crippen molar-refractivity contribution in [2.24, 2.45) is 0 Å². The lowest BCUT2D eigenvalue weighted by molar-refractivity contribution is -0.384. The van der Waals surface area contributed by atoms with Gasteiger partial charge in [0.15, 0.2) is 0 Å². The summed E-state index contributed by atoms with van der Waals surface area (Å²) >= 11 is 0. The first-order chi connectivity index (χ1) is 5.24. The van der Waals surface area contributed by atoms with E-state index in [0.717, 1.165) is 0 Å². The van der Waals surface area contributed by atoms with Crippen LogP contribution in [0.15, 0.2) is 18.2 Å². The van der Waals surface area contributed by atoms with Gasteiger partial charge in [0, 0.05) is 18.2 Å². The Balaban J connectivity index is 3.13. The van der Waals surface area contributed by atoms with E-state index in [1.807, 2.05) is 0 Å². The van der Waals surface area contributed by atoms with Gasteiger partial charge >= 0.3 is 0 Å². The molecule has 11 heavy (non-hydrogen) atoms. The molecule has 0 aliphatic carbocycles. The SMILES string of the molecule is N#Cc1[c]ccc([N+](=O)[O-])c1. The van der Waals surface area contributed by atoms with Crippen molar-refractivity contribution in [3.05, 3.63) is 39.9 Å². The van der Waals surface area contributed by atoms with Crippen LogP contribution >= 0.6 is 0 Å². The second-order valence-corrected chi connectivity index (χ2v) is 1.83. The number of nitro groups is 1. The highest BCUT2D eigenvalue weighted by Gasteiger charge is 2.04. The molecule has 1 aromatic carbocycles. The van der Waals surface area contributed by atoms with Crippen LogP contribution in [0.4, 0.5) is 5.69 Å². The lowest BCUT2D eigenvalue weighted by atomic mass is 10.2. The first-order valence-corrected chi connectivity index (χ1v) is 2.80. The first-order valence-electron chi connectivity index (χ1n) is 2.80. The van der Waals surface area contributed by atoms with E-state index < -0.39 is 4.92 Å². The van der Waals surface area contributed by atoms with Crippen LogP contribution in [0.2, 0.25) is 0 Å². The van der Waals surface area contributed by atoms with Gasteiger partial charge in [0.05, 0.1) is 10.5 Å². The maximum Gasteiger partial charge on any atom is 0.270 e. The average Bonchev–Trinajstić information content (AvgIpc) is 2.05. The maximum atomic E-state index is 10.2. The summed E-state index contributed by atoms with van der Waals surface area (Å²) in [6.45, 7) is 0. The monoisotopic (exact) mass is 147 g/mol. The van der Waals surface area contributed by atoms with Crippen LogP contribution in [-0.2, 0) is 0 Å². The molecule has 0 bridgehead atoms. The number of hydrogen-bond acceptors (Lipinski definition) is 3. The summed E-state index contributed by atoms with van der Waals surface area (Å²) in [5, 5.41) is 18.5. The van der Waals surface area contributed by atoms with E-state index in [1.54, 1.807) is 6.07 Å². The summed E-state index contributed by atoms with van der Waals surface area (Å²) in [6, 6.07) is 8.14. The highest BCUT2D eigenvalue weighted by Crippen LogP contribution is 2.10. The molecule has 0 saturated carbocycles. The predicted molar refractivity (Wildman–Crippen MR) is 36.6 cm³/mol. The van der Waals surface area contributed by atoms with Gasteiger partial charge in [0.25, 0.3) is 5.69 Å². The molecule has 1 radical (unpaired) electrons. The van der Waals surface area contributed by atoms with Gasteiger partial charge in [-0.15, -0.1) is 0 Å². The van der Waals surface area contributed by atoms with Gasteiger partial charge in [0.1, 0.15) is 6.07 Å². The highest BCUT2D eigenvalue weighted by molar-refractivity contribution is 5.39. The largest absolute Gasteiger partial charge is 0.270 e. The summed E-state index contributed by atoms with van der Waals surface area (Å²) in [5.41, 5.74) is 0.0968. The molecule has 1 rings (SSSR count). The maximum absolute atomic E-state index is 10.2. The zero-order valence-corrected chi connectivity index (χ0v) is 5.44. The number of nitrogens with zero attached hydrogens (tertiary/aromatic N) is 2. The van der Waals surface area contributed by atoms with Crippen molar-refractivity contribution in [1.29, 1.82) is 5.26 Å². The van der Waals surface area contributed by atoms with E-state index >= 15 is 0 Å². The predicted octanol–water partition coefficient (Wildman–Crippen LogP) is 1.27. The molecule has 4 heteroatoms. The third-order valence-corrected chi connectivity index (χ3v) is 1.12. The van der Waals surface area contributed by atoms with Crippen LogP contribution in [0.25, 0.3) is 0 Å². The Morgan fingerprint density at radius 2 is 2.45 bits per heavy atom. The molecule has 0 spiro atoms. The van der Waals surface area contributed by atoms with E-state index in [9.17, 15) is 10.1 Å². The Kier molecular flexibility index (Phi) is 1.83. The number of rotatable bonds is 1. The van der Waals surface area contributed by atoms with Crippen molar-refractivity contribution < 1.29 is 4.92 Å². The minimum Gasteiger partial charge on any atom is -0.258 e. The molecule has 0 fully saturated rings. The van der Waals surface area contributed by atoms with Gasteiger partial charge in [-0.2, -0.15) is 5.26 Å². The molecule has 0 aromatic heterocycles. The van der Waals surface area contributed by atoms with E-state index in [-0.39, 0.29) is 11.3 Å².